The first-order chi connectivity index (χ1) is 6.84. The molecule has 0 amide bonds. The average molecular weight is 239 g/mol. The minimum atomic E-state index is -4.76. The summed E-state index contributed by atoms with van der Waals surface area (Å²) in [6.07, 6.45) is -4.71. The molecule has 2 unspecified atom stereocenters. The quantitative estimate of drug-likeness (QED) is 0.849. The van der Waals surface area contributed by atoms with Crippen molar-refractivity contribution in [2.24, 2.45) is 5.73 Å². The molecule has 0 spiro atoms. The molecule has 86 valence electrons. The topological polar surface area (TPSA) is 46.2 Å². The Hall–Kier alpha value is -0.590. The van der Waals surface area contributed by atoms with E-state index in [1.165, 1.54) is 24.4 Å². The summed E-state index contributed by atoms with van der Waals surface area (Å²) in [5, 5.41) is 11.2. The molecular weight excluding hydrogens is 227 g/mol. The molecule has 6 heteroatoms. The van der Waals surface area contributed by atoms with Crippen molar-refractivity contribution in [3.05, 3.63) is 22.4 Å². The predicted molar refractivity (Wildman–Crippen MR) is 52.5 cm³/mol. The molecule has 15 heavy (non-hydrogen) atoms. The Morgan fingerprint density at radius 1 is 1.53 bits per heavy atom. The van der Waals surface area contributed by atoms with E-state index < -0.39 is 17.8 Å². The van der Waals surface area contributed by atoms with Gasteiger partial charge in [0.1, 0.15) is 0 Å². The summed E-state index contributed by atoms with van der Waals surface area (Å²) in [7, 11) is 0. The Bertz CT molecular complexity index is 312. The number of nitrogens with two attached hydrogens (primary N) is 1. The highest BCUT2D eigenvalue weighted by Gasteiger charge is 2.58. The van der Waals surface area contributed by atoms with Gasteiger partial charge in [-0.1, -0.05) is 13.0 Å². The van der Waals surface area contributed by atoms with Crippen LogP contribution in [0, 0.1) is 0 Å². The van der Waals surface area contributed by atoms with Gasteiger partial charge in [-0.3, -0.25) is 0 Å². The van der Waals surface area contributed by atoms with Crippen molar-refractivity contribution >= 4 is 11.3 Å². The van der Waals surface area contributed by atoms with Gasteiger partial charge in [-0.25, -0.2) is 0 Å². The highest BCUT2D eigenvalue weighted by atomic mass is 32.1. The van der Waals surface area contributed by atoms with E-state index in [1.54, 1.807) is 0 Å². The van der Waals surface area contributed by atoms with Gasteiger partial charge < -0.3 is 10.8 Å². The third-order valence-electron chi connectivity index (χ3n) is 2.31. The van der Waals surface area contributed by atoms with Crippen LogP contribution in [0.1, 0.15) is 18.2 Å². The standard InChI is InChI=1S/C9H12F3NOS/c1-2-6(13)8(14,9(10,11)12)7-4-3-5-15-7/h3-6,14H,2,13H2,1H3. The van der Waals surface area contributed by atoms with Gasteiger partial charge in [0.2, 0.25) is 5.60 Å². The molecule has 0 bridgehead atoms. The lowest BCUT2D eigenvalue weighted by molar-refractivity contribution is -0.273. The molecule has 1 rings (SSSR count). The zero-order chi connectivity index (χ0) is 11.7. The first-order valence-corrected chi connectivity index (χ1v) is 5.30. The van der Waals surface area contributed by atoms with Gasteiger partial charge in [-0.05, 0) is 17.9 Å². The summed E-state index contributed by atoms with van der Waals surface area (Å²) in [5.74, 6) is 0. The van der Waals surface area contributed by atoms with Crippen LogP contribution in [0.2, 0.25) is 0 Å². The summed E-state index contributed by atoms with van der Waals surface area (Å²) >= 11 is 0.850. The van der Waals surface area contributed by atoms with Crippen LogP contribution in [-0.4, -0.2) is 17.3 Å². The lowest BCUT2D eigenvalue weighted by atomic mass is 9.90. The van der Waals surface area contributed by atoms with Gasteiger partial charge in [0.15, 0.2) is 0 Å². The number of rotatable bonds is 3. The molecule has 0 saturated carbocycles. The van der Waals surface area contributed by atoms with Gasteiger partial charge in [0, 0.05) is 10.9 Å². The van der Waals surface area contributed by atoms with Crippen molar-refractivity contribution in [2.45, 2.75) is 31.2 Å². The van der Waals surface area contributed by atoms with Gasteiger partial charge >= 0.3 is 6.18 Å². The lowest BCUT2D eigenvalue weighted by Crippen LogP contribution is -2.54. The van der Waals surface area contributed by atoms with E-state index in [9.17, 15) is 18.3 Å². The fraction of sp³-hybridized carbons (Fsp3) is 0.556. The molecule has 2 atom stereocenters. The molecule has 1 aromatic rings. The van der Waals surface area contributed by atoms with Crippen LogP contribution in [0.15, 0.2) is 17.5 Å². The molecule has 2 nitrogen and oxygen atoms in total. The van der Waals surface area contributed by atoms with Crippen molar-refractivity contribution in [1.82, 2.24) is 0 Å². The average Bonchev–Trinajstić information content (AvgIpc) is 2.66. The molecular formula is C9H12F3NOS. The molecule has 0 saturated heterocycles. The highest BCUT2D eigenvalue weighted by Crippen LogP contribution is 2.43. The largest absolute Gasteiger partial charge is 0.423 e. The Labute approximate surface area is 89.5 Å². The van der Waals surface area contributed by atoms with Crippen LogP contribution in [0.5, 0.6) is 0 Å². The monoisotopic (exact) mass is 239 g/mol. The summed E-state index contributed by atoms with van der Waals surface area (Å²) in [6.45, 7) is 1.51. The van der Waals surface area contributed by atoms with E-state index in [0.717, 1.165) is 11.3 Å². The molecule has 1 heterocycles. The maximum absolute atomic E-state index is 12.8. The second kappa shape index (κ2) is 4.11. The first kappa shape index (κ1) is 12.5. The third kappa shape index (κ3) is 2.02. The highest BCUT2D eigenvalue weighted by molar-refractivity contribution is 7.10. The number of halogens is 3. The molecule has 0 radical (unpaired) electrons. The number of thiophene rings is 1. The van der Waals surface area contributed by atoms with Crippen molar-refractivity contribution in [3.8, 4) is 0 Å². The number of hydrogen-bond donors (Lipinski definition) is 2. The number of alkyl halides is 3. The van der Waals surface area contributed by atoms with Crippen molar-refractivity contribution < 1.29 is 18.3 Å². The molecule has 0 aliphatic rings. The Balaban J connectivity index is 3.19. The van der Waals surface area contributed by atoms with E-state index in [0.29, 0.717) is 0 Å². The molecule has 0 aromatic carbocycles. The van der Waals surface area contributed by atoms with E-state index in [1.807, 2.05) is 0 Å². The zero-order valence-corrected chi connectivity index (χ0v) is 8.90. The normalized spacial score (nSPS) is 18.5. The van der Waals surface area contributed by atoms with Crippen molar-refractivity contribution in [3.63, 3.8) is 0 Å². The van der Waals surface area contributed by atoms with Crippen LogP contribution < -0.4 is 5.73 Å². The predicted octanol–water partition coefficient (Wildman–Crippen LogP) is 2.24. The third-order valence-corrected chi connectivity index (χ3v) is 3.30. The van der Waals surface area contributed by atoms with E-state index in [4.69, 9.17) is 5.73 Å². The fourth-order valence-electron chi connectivity index (χ4n) is 1.32. The van der Waals surface area contributed by atoms with E-state index in [-0.39, 0.29) is 11.3 Å². The molecule has 0 aliphatic heterocycles. The van der Waals surface area contributed by atoms with Crippen LogP contribution in [-0.2, 0) is 5.60 Å². The van der Waals surface area contributed by atoms with Gasteiger partial charge in [0.25, 0.3) is 0 Å². The maximum atomic E-state index is 12.8. The molecule has 0 aliphatic carbocycles. The zero-order valence-electron chi connectivity index (χ0n) is 8.08. The first-order valence-electron chi connectivity index (χ1n) is 4.42. The van der Waals surface area contributed by atoms with Crippen LogP contribution >= 0.6 is 11.3 Å². The van der Waals surface area contributed by atoms with E-state index in [2.05, 4.69) is 0 Å². The Morgan fingerprint density at radius 3 is 2.47 bits per heavy atom. The van der Waals surface area contributed by atoms with Crippen molar-refractivity contribution in [2.75, 3.05) is 0 Å². The smallest absolute Gasteiger partial charge is 0.375 e. The van der Waals surface area contributed by atoms with Crippen LogP contribution in [0.4, 0.5) is 13.2 Å². The minimum absolute atomic E-state index is 0.0495. The molecule has 3 N–H and O–H groups in total. The van der Waals surface area contributed by atoms with Gasteiger partial charge in [0.05, 0.1) is 0 Å². The lowest BCUT2D eigenvalue weighted by Gasteiger charge is -2.34. The van der Waals surface area contributed by atoms with Crippen LogP contribution in [0.25, 0.3) is 0 Å². The molecule has 0 fully saturated rings. The number of aliphatic hydroxyl groups is 1. The second-order valence-electron chi connectivity index (χ2n) is 3.26. The minimum Gasteiger partial charge on any atom is -0.375 e. The Morgan fingerprint density at radius 2 is 2.13 bits per heavy atom. The summed E-state index contributed by atoms with van der Waals surface area (Å²) in [4.78, 5) is -0.163. The van der Waals surface area contributed by atoms with Gasteiger partial charge in [-0.2, -0.15) is 13.2 Å². The van der Waals surface area contributed by atoms with Crippen molar-refractivity contribution in [1.29, 1.82) is 0 Å². The van der Waals surface area contributed by atoms with Gasteiger partial charge in [-0.15, -0.1) is 11.3 Å². The SMILES string of the molecule is CCC(N)C(O)(c1cccs1)C(F)(F)F. The second-order valence-corrected chi connectivity index (χ2v) is 4.20. The summed E-state index contributed by atoms with van der Waals surface area (Å²) in [6, 6.07) is 1.35. The number of hydrogen-bond acceptors (Lipinski definition) is 3. The maximum Gasteiger partial charge on any atom is 0.423 e. The summed E-state index contributed by atoms with van der Waals surface area (Å²) < 4.78 is 38.3. The fourth-order valence-corrected chi connectivity index (χ4v) is 2.23. The Kier molecular flexibility index (Phi) is 3.42. The van der Waals surface area contributed by atoms with E-state index >= 15 is 0 Å². The molecule has 1 aromatic heterocycles. The van der Waals surface area contributed by atoms with Crippen LogP contribution in [0.3, 0.4) is 0 Å². The summed E-state index contributed by atoms with van der Waals surface area (Å²) in [5.41, 5.74) is 2.43.